The van der Waals surface area contributed by atoms with Crippen LogP contribution in [0.3, 0.4) is 0 Å². The molecule has 2 unspecified atom stereocenters. The Labute approximate surface area is 160 Å². The second-order valence-corrected chi connectivity index (χ2v) is 6.77. The molecule has 2 heterocycles. The summed E-state index contributed by atoms with van der Waals surface area (Å²) in [6, 6.07) is 5.32. The van der Waals surface area contributed by atoms with Crippen LogP contribution in [0, 0.1) is 16.0 Å². The molecule has 0 aliphatic carbocycles. The number of nitrogens with two attached hydrogens (primary N) is 1. The molecular weight excluding hydrogens is 368 g/mol. The van der Waals surface area contributed by atoms with Crippen molar-refractivity contribution in [3.05, 3.63) is 51.3 Å². The highest BCUT2D eigenvalue weighted by atomic mass is 16.6. The van der Waals surface area contributed by atoms with E-state index in [-0.39, 0.29) is 28.5 Å². The summed E-state index contributed by atoms with van der Waals surface area (Å²) in [5, 5.41) is 30.8. The van der Waals surface area contributed by atoms with E-state index in [1.807, 2.05) is 4.90 Å². The average molecular weight is 388 g/mol. The Morgan fingerprint density at radius 1 is 1.21 bits per heavy atom. The van der Waals surface area contributed by atoms with E-state index in [9.17, 15) is 29.9 Å². The number of amidine groups is 1. The third-order valence-corrected chi connectivity index (χ3v) is 5.05. The van der Waals surface area contributed by atoms with Crippen LogP contribution in [0.25, 0.3) is 0 Å². The number of benzene rings is 1. The summed E-state index contributed by atoms with van der Waals surface area (Å²) in [4.78, 5) is 40.6. The van der Waals surface area contributed by atoms with Crippen LogP contribution >= 0.6 is 0 Å². The Morgan fingerprint density at radius 3 is 2.46 bits per heavy atom. The minimum atomic E-state index is -1.40. The SMILES string of the molecule is NC1=C(C(=O)O)C(c2cccc([N+](=O)[O-])c2)C(C(=O)O)C(N2CCCCC2)=N1. The lowest BCUT2D eigenvalue weighted by atomic mass is 9.77. The van der Waals surface area contributed by atoms with Crippen molar-refractivity contribution in [2.45, 2.75) is 25.2 Å². The number of non-ortho nitro benzene ring substituents is 1. The Bertz CT molecular complexity index is 888. The van der Waals surface area contributed by atoms with Crippen molar-refractivity contribution < 1.29 is 24.7 Å². The monoisotopic (exact) mass is 388 g/mol. The number of likely N-dealkylation sites (tertiary alicyclic amines) is 1. The summed E-state index contributed by atoms with van der Waals surface area (Å²) < 4.78 is 0. The topological polar surface area (TPSA) is 159 Å². The van der Waals surface area contributed by atoms with E-state index in [2.05, 4.69) is 4.99 Å². The van der Waals surface area contributed by atoms with Crippen molar-refractivity contribution in [2.24, 2.45) is 16.6 Å². The van der Waals surface area contributed by atoms with E-state index >= 15 is 0 Å². The third-order valence-electron chi connectivity index (χ3n) is 5.05. The predicted octanol–water partition coefficient (Wildman–Crippen LogP) is 1.53. The lowest BCUT2D eigenvalue weighted by molar-refractivity contribution is -0.384. The zero-order valence-corrected chi connectivity index (χ0v) is 14.9. The first-order chi connectivity index (χ1) is 13.3. The van der Waals surface area contributed by atoms with Crippen LogP contribution in [0.2, 0.25) is 0 Å². The highest BCUT2D eigenvalue weighted by molar-refractivity contribution is 6.06. The fourth-order valence-electron chi connectivity index (χ4n) is 3.81. The van der Waals surface area contributed by atoms with Crippen molar-refractivity contribution in [3.8, 4) is 0 Å². The molecule has 1 fully saturated rings. The van der Waals surface area contributed by atoms with Crippen LogP contribution in [0.4, 0.5) is 5.69 Å². The van der Waals surface area contributed by atoms with Gasteiger partial charge in [0.05, 0.1) is 10.5 Å². The first kappa shape index (κ1) is 19.3. The van der Waals surface area contributed by atoms with Crippen molar-refractivity contribution in [3.63, 3.8) is 0 Å². The van der Waals surface area contributed by atoms with E-state index in [1.54, 1.807) is 0 Å². The lowest BCUT2D eigenvalue weighted by Gasteiger charge is -2.38. The number of hydrogen-bond donors (Lipinski definition) is 3. The van der Waals surface area contributed by atoms with Gasteiger partial charge in [0.2, 0.25) is 0 Å². The molecule has 4 N–H and O–H groups in total. The Morgan fingerprint density at radius 2 is 1.89 bits per heavy atom. The molecule has 0 aromatic heterocycles. The first-order valence-corrected chi connectivity index (χ1v) is 8.85. The van der Waals surface area contributed by atoms with Gasteiger partial charge < -0.3 is 20.8 Å². The van der Waals surface area contributed by atoms with Crippen LogP contribution in [0.15, 0.2) is 40.7 Å². The minimum absolute atomic E-state index is 0.200. The molecule has 2 aliphatic heterocycles. The van der Waals surface area contributed by atoms with Crippen LogP contribution in [0.5, 0.6) is 0 Å². The van der Waals surface area contributed by atoms with Crippen molar-refractivity contribution in [1.29, 1.82) is 0 Å². The molecule has 2 aliphatic rings. The molecule has 2 atom stereocenters. The van der Waals surface area contributed by atoms with Gasteiger partial charge in [-0.25, -0.2) is 9.79 Å². The number of carboxylic acids is 2. The quantitative estimate of drug-likeness (QED) is 0.517. The van der Waals surface area contributed by atoms with Gasteiger partial charge >= 0.3 is 11.9 Å². The van der Waals surface area contributed by atoms with E-state index < -0.39 is 28.7 Å². The number of hydrogen-bond acceptors (Lipinski definition) is 7. The number of aliphatic imine (C=N–C) groups is 1. The molecule has 0 radical (unpaired) electrons. The molecule has 10 heteroatoms. The highest BCUT2D eigenvalue weighted by Crippen LogP contribution is 2.40. The Hall–Kier alpha value is -3.43. The third kappa shape index (κ3) is 3.53. The van der Waals surface area contributed by atoms with Gasteiger partial charge in [0.1, 0.15) is 17.6 Å². The van der Waals surface area contributed by atoms with Gasteiger partial charge in [0.25, 0.3) is 5.69 Å². The number of carbonyl (C=O) groups is 2. The van der Waals surface area contributed by atoms with Crippen LogP contribution in [0.1, 0.15) is 30.7 Å². The summed E-state index contributed by atoms with van der Waals surface area (Å²) in [7, 11) is 0. The van der Waals surface area contributed by atoms with Crippen LogP contribution in [-0.2, 0) is 9.59 Å². The molecule has 10 nitrogen and oxygen atoms in total. The summed E-state index contributed by atoms with van der Waals surface area (Å²) in [5.74, 6) is -5.23. The van der Waals surface area contributed by atoms with Gasteiger partial charge in [-0.15, -0.1) is 0 Å². The number of carboxylic acid groups (broad SMARTS) is 2. The average Bonchev–Trinajstić information content (AvgIpc) is 2.67. The number of rotatable bonds is 4. The molecule has 0 saturated carbocycles. The summed E-state index contributed by atoms with van der Waals surface area (Å²) >= 11 is 0. The van der Waals surface area contributed by atoms with Crippen molar-refractivity contribution in [2.75, 3.05) is 13.1 Å². The van der Waals surface area contributed by atoms with E-state index in [0.29, 0.717) is 13.1 Å². The molecular formula is C18H20N4O6. The van der Waals surface area contributed by atoms with Gasteiger partial charge in [-0.1, -0.05) is 12.1 Å². The molecule has 148 valence electrons. The molecule has 1 saturated heterocycles. The minimum Gasteiger partial charge on any atom is -0.481 e. The highest BCUT2D eigenvalue weighted by Gasteiger charge is 2.45. The summed E-state index contributed by atoms with van der Waals surface area (Å²) in [5.41, 5.74) is 5.50. The van der Waals surface area contributed by atoms with Gasteiger partial charge in [0, 0.05) is 31.1 Å². The Balaban J connectivity index is 2.18. The Kier molecular flexibility index (Phi) is 5.30. The number of nitro benzene ring substituents is 1. The second-order valence-electron chi connectivity index (χ2n) is 6.77. The molecule has 1 aromatic rings. The molecule has 0 spiro atoms. The first-order valence-electron chi connectivity index (χ1n) is 8.85. The zero-order chi connectivity index (χ0) is 20.4. The van der Waals surface area contributed by atoms with Gasteiger partial charge in [-0.3, -0.25) is 14.9 Å². The molecule has 3 rings (SSSR count). The smallest absolute Gasteiger partial charge is 0.335 e. The molecule has 0 amide bonds. The van der Waals surface area contributed by atoms with Gasteiger partial charge in [-0.2, -0.15) is 0 Å². The van der Waals surface area contributed by atoms with Crippen molar-refractivity contribution >= 4 is 23.5 Å². The fourth-order valence-corrected chi connectivity index (χ4v) is 3.81. The standard InChI is InChI=1S/C18H20N4O6/c19-15-13(17(23)24)12(10-5-4-6-11(9-10)22(27)28)14(18(25)26)16(20-15)21-7-2-1-3-8-21/h4-6,9,12,14H,1-3,7-8,19H2,(H,23,24)(H,25,26). The zero-order valence-electron chi connectivity index (χ0n) is 14.9. The number of aliphatic carboxylic acids is 2. The van der Waals surface area contributed by atoms with E-state index in [1.165, 1.54) is 24.3 Å². The van der Waals surface area contributed by atoms with Crippen molar-refractivity contribution in [1.82, 2.24) is 4.90 Å². The molecule has 1 aromatic carbocycles. The summed E-state index contributed by atoms with van der Waals surface area (Å²) in [6.07, 6.45) is 2.74. The lowest BCUT2D eigenvalue weighted by Crippen LogP contribution is -2.47. The number of nitro groups is 1. The second kappa shape index (κ2) is 7.67. The van der Waals surface area contributed by atoms with E-state index in [0.717, 1.165) is 19.3 Å². The molecule has 0 bridgehead atoms. The summed E-state index contributed by atoms with van der Waals surface area (Å²) in [6.45, 7) is 1.19. The number of nitrogens with zero attached hydrogens (tertiary/aromatic N) is 3. The van der Waals surface area contributed by atoms with Gasteiger partial charge in [0.15, 0.2) is 0 Å². The maximum absolute atomic E-state index is 12.2. The predicted molar refractivity (Wildman–Crippen MR) is 98.7 cm³/mol. The number of piperidine rings is 1. The van der Waals surface area contributed by atoms with E-state index in [4.69, 9.17) is 5.73 Å². The largest absolute Gasteiger partial charge is 0.481 e. The van der Waals surface area contributed by atoms with Crippen LogP contribution < -0.4 is 5.73 Å². The molecule has 28 heavy (non-hydrogen) atoms. The fraction of sp³-hybridized carbons (Fsp3) is 0.389. The maximum atomic E-state index is 12.2. The maximum Gasteiger partial charge on any atom is 0.335 e. The van der Waals surface area contributed by atoms with Crippen LogP contribution in [-0.4, -0.2) is 50.9 Å². The normalized spacial score (nSPS) is 22.6. The van der Waals surface area contributed by atoms with Gasteiger partial charge in [-0.05, 0) is 24.8 Å².